The van der Waals surface area contributed by atoms with Crippen molar-refractivity contribution in [1.29, 1.82) is 0 Å². The van der Waals surface area contributed by atoms with Crippen molar-refractivity contribution in [3.63, 3.8) is 0 Å². The van der Waals surface area contributed by atoms with Gasteiger partial charge in [-0.1, -0.05) is 0 Å². The smallest absolute Gasteiger partial charge is 0.221 e. The van der Waals surface area contributed by atoms with Gasteiger partial charge in [0.2, 0.25) is 5.91 Å². The minimum Gasteiger partial charge on any atom is -0.394 e. The number of aliphatic hydroxyl groups excluding tert-OH is 3. The molecule has 1 aliphatic heterocycles. The molecule has 0 atom stereocenters. The van der Waals surface area contributed by atoms with Crippen LogP contribution in [0.15, 0.2) is 0 Å². The molecular weight excluding hydrogens is 200 g/mol. The van der Waals surface area contributed by atoms with Crippen LogP contribution in [0.3, 0.4) is 0 Å². The van der Waals surface area contributed by atoms with Gasteiger partial charge in [-0.05, 0) is 19.0 Å². The van der Waals surface area contributed by atoms with E-state index in [0.717, 1.165) is 13.1 Å². The van der Waals surface area contributed by atoms with E-state index in [1.54, 1.807) is 0 Å². The molecule has 5 N–H and O–H groups in total. The third kappa shape index (κ3) is 3.13. The van der Waals surface area contributed by atoms with Crippen molar-refractivity contribution in [2.45, 2.75) is 12.0 Å². The first-order chi connectivity index (χ1) is 7.15. The van der Waals surface area contributed by atoms with Crippen LogP contribution >= 0.6 is 0 Å². The highest BCUT2D eigenvalue weighted by Crippen LogP contribution is 2.09. The fourth-order valence-electron chi connectivity index (χ4n) is 1.37. The van der Waals surface area contributed by atoms with Crippen molar-refractivity contribution in [3.8, 4) is 0 Å². The van der Waals surface area contributed by atoms with E-state index in [9.17, 15) is 4.79 Å². The fraction of sp³-hybridized carbons (Fsp3) is 0.889. The molecule has 0 saturated carbocycles. The maximum Gasteiger partial charge on any atom is 0.221 e. The lowest BCUT2D eigenvalue weighted by molar-refractivity contribution is -0.126. The first-order valence-corrected chi connectivity index (χ1v) is 5.00. The molecular formula is C9H18N2O4. The Morgan fingerprint density at radius 1 is 1.27 bits per heavy atom. The number of nitrogens with one attached hydrogen (secondary N) is 2. The van der Waals surface area contributed by atoms with Crippen molar-refractivity contribution in [2.24, 2.45) is 5.92 Å². The number of hydrogen-bond acceptors (Lipinski definition) is 5. The van der Waals surface area contributed by atoms with E-state index < -0.39 is 25.4 Å². The van der Waals surface area contributed by atoms with Gasteiger partial charge < -0.3 is 26.0 Å². The SMILES string of the molecule is O=C(CC1CNC1)NC(CO)(CO)CO. The molecule has 1 saturated heterocycles. The van der Waals surface area contributed by atoms with E-state index in [1.807, 2.05) is 0 Å². The van der Waals surface area contributed by atoms with Crippen molar-refractivity contribution in [2.75, 3.05) is 32.9 Å². The van der Waals surface area contributed by atoms with Crippen LogP contribution < -0.4 is 10.6 Å². The zero-order chi connectivity index (χ0) is 11.3. The topological polar surface area (TPSA) is 102 Å². The highest BCUT2D eigenvalue weighted by atomic mass is 16.3. The lowest BCUT2D eigenvalue weighted by atomic mass is 9.97. The second kappa shape index (κ2) is 5.41. The number of aliphatic hydroxyl groups is 3. The molecule has 0 spiro atoms. The maximum atomic E-state index is 11.5. The summed E-state index contributed by atoms with van der Waals surface area (Å²) in [6.07, 6.45) is 0.356. The van der Waals surface area contributed by atoms with Crippen LogP contribution in [0.25, 0.3) is 0 Å². The van der Waals surface area contributed by atoms with Crippen LogP contribution in [0.2, 0.25) is 0 Å². The van der Waals surface area contributed by atoms with E-state index in [0.29, 0.717) is 12.3 Å². The van der Waals surface area contributed by atoms with Gasteiger partial charge in [0.25, 0.3) is 0 Å². The van der Waals surface area contributed by atoms with Crippen LogP contribution in [-0.2, 0) is 4.79 Å². The largest absolute Gasteiger partial charge is 0.394 e. The summed E-state index contributed by atoms with van der Waals surface area (Å²) in [7, 11) is 0. The number of carbonyl (C=O) groups is 1. The third-order valence-electron chi connectivity index (χ3n) is 2.65. The highest BCUT2D eigenvalue weighted by Gasteiger charge is 2.31. The molecule has 6 heteroatoms. The summed E-state index contributed by atoms with van der Waals surface area (Å²) in [6.45, 7) is 0.202. The van der Waals surface area contributed by atoms with E-state index in [2.05, 4.69) is 10.6 Å². The van der Waals surface area contributed by atoms with E-state index in [1.165, 1.54) is 0 Å². The van der Waals surface area contributed by atoms with E-state index >= 15 is 0 Å². The summed E-state index contributed by atoms with van der Waals surface area (Å²) in [5.74, 6) is 0.0671. The van der Waals surface area contributed by atoms with Crippen LogP contribution in [0, 0.1) is 5.92 Å². The Morgan fingerprint density at radius 2 is 1.80 bits per heavy atom. The van der Waals surface area contributed by atoms with Gasteiger partial charge in [-0.25, -0.2) is 0 Å². The maximum absolute atomic E-state index is 11.5. The predicted molar refractivity (Wildman–Crippen MR) is 53.1 cm³/mol. The normalized spacial score (nSPS) is 17.3. The Morgan fingerprint density at radius 3 is 2.13 bits per heavy atom. The molecule has 1 heterocycles. The van der Waals surface area contributed by atoms with E-state index in [4.69, 9.17) is 15.3 Å². The minimum atomic E-state index is -1.30. The number of rotatable bonds is 6. The van der Waals surface area contributed by atoms with Crippen LogP contribution in [0.1, 0.15) is 6.42 Å². The first-order valence-electron chi connectivity index (χ1n) is 5.00. The number of amides is 1. The fourth-order valence-corrected chi connectivity index (χ4v) is 1.37. The van der Waals surface area contributed by atoms with Crippen LogP contribution in [0.4, 0.5) is 0 Å². The highest BCUT2D eigenvalue weighted by molar-refractivity contribution is 5.77. The first kappa shape index (κ1) is 12.4. The van der Waals surface area contributed by atoms with Crippen molar-refractivity contribution >= 4 is 5.91 Å². The molecule has 88 valence electrons. The molecule has 0 aromatic carbocycles. The summed E-state index contributed by atoms with van der Waals surface area (Å²) >= 11 is 0. The summed E-state index contributed by atoms with van der Waals surface area (Å²) < 4.78 is 0. The Labute approximate surface area is 88.3 Å². The third-order valence-corrected chi connectivity index (χ3v) is 2.65. The summed E-state index contributed by atoms with van der Waals surface area (Å²) in [5, 5.41) is 32.5. The molecule has 6 nitrogen and oxygen atoms in total. The van der Waals surface area contributed by atoms with Gasteiger partial charge >= 0.3 is 0 Å². The summed E-state index contributed by atoms with van der Waals surface area (Å²) in [6, 6.07) is 0. The zero-order valence-electron chi connectivity index (χ0n) is 8.57. The van der Waals surface area contributed by atoms with Crippen LogP contribution in [0.5, 0.6) is 0 Å². The Bertz CT molecular complexity index is 206. The average molecular weight is 218 g/mol. The molecule has 0 unspecified atom stereocenters. The summed E-state index contributed by atoms with van der Waals surface area (Å²) in [5.41, 5.74) is -1.30. The second-order valence-corrected chi connectivity index (χ2v) is 4.03. The molecule has 0 radical (unpaired) electrons. The summed E-state index contributed by atoms with van der Waals surface area (Å²) in [4.78, 5) is 11.5. The Hall–Kier alpha value is -0.690. The van der Waals surface area contributed by atoms with Crippen molar-refractivity contribution in [1.82, 2.24) is 10.6 Å². The van der Waals surface area contributed by atoms with Crippen molar-refractivity contribution in [3.05, 3.63) is 0 Å². The van der Waals surface area contributed by atoms with Gasteiger partial charge in [0, 0.05) is 6.42 Å². The molecule has 1 rings (SSSR count). The van der Waals surface area contributed by atoms with Gasteiger partial charge in [-0.3, -0.25) is 4.79 Å². The van der Waals surface area contributed by atoms with Crippen molar-refractivity contribution < 1.29 is 20.1 Å². The Balaban J connectivity index is 2.38. The van der Waals surface area contributed by atoms with Gasteiger partial charge in [0.1, 0.15) is 5.54 Å². The lowest BCUT2D eigenvalue weighted by Gasteiger charge is -2.31. The van der Waals surface area contributed by atoms with Gasteiger partial charge in [-0.2, -0.15) is 0 Å². The van der Waals surface area contributed by atoms with Gasteiger partial charge in [0.15, 0.2) is 0 Å². The van der Waals surface area contributed by atoms with E-state index in [-0.39, 0.29) is 5.91 Å². The molecule has 15 heavy (non-hydrogen) atoms. The number of hydrogen-bond donors (Lipinski definition) is 5. The lowest BCUT2D eigenvalue weighted by Crippen LogP contribution is -2.58. The molecule has 0 aliphatic carbocycles. The predicted octanol–water partition coefficient (Wildman–Crippen LogP) is -2.57. The quantitative estimate of drug-likeness (QED) is 0.337. The molecule has 1 amide bonds. The monoisotopic (exact) mass is 218 g/mol. The Kier molecular flexibility index (Phi) is 4.46. The standard InChI is InChI=1S/C9H18N2O4/c12-4-9(5-13,6-14)11-8(15)1-7-2-10-3-7/h7,10,12-14H,1-6H2,(H,11,15). The molecule has 0 bridgehead atoms. The minimum absolute atomic E-state index is 0.251. The molecule has 1 aliphatic rings. The molecule has 0 aromatic heterocycles. The zero-order valence-corrected chi connectivity index (χ0v) is 8.57. The number of carbonyl (C=O) groups excluding carboxylic acids is 1. The van der Waals surface area contributed by atoms with Gasteiger partial charge in [0.05, 0.1) is 19.8 Å². The molecule has 0 aromatic rings. The van der Waals surface area contributed by atoms with Crippen LogP contribution in [-0.4, -0.2) is 59.7 Å². The average Bonchev–Trinajstić information content (AvgIpc) is 2.20. The molecule has 1 fully saturated rings. The van der Waals surface area contributed by atoms with Gasteiger partial charge in [-0.15, -0.1) is 0 Å². The second-order valence-electron chi connectivity index (χ2n) is 4.03.